The Kier molecular flexibility index (Phi) is 4.97. The molecular weight excluding hydrogens is 284 g/mol. The molecule has 0 spiro atoms. The molecule has 0 bridgehead atoms. The average Bonchev–Trinajstić information content (AvgIpc) is 2.69. The molecule has 1 aliphatic rings. The Balaban J connectivity index is 2.23. The van der Waals surface area contributed by atoms with E-state index in [0.717, 1.165) is 17.0 Å². The molecule has 1 aromatic carbocycles. The number of nitrogens with one attached hydrogen (secondary N) is 1. The quantitative estimate of drug-likeness (QED) is 0.623. The molecule has 0 aliphatic heterocycles. The van der Waals surface area contributed by atoms with Crippen LogP contribution in [0.15, 0.2) is 23.1 Å². The molecule has 1 saturated carbocycles. The summed E-state index contributed by atoms with van der Waals surface area (Å²) in [7, 11) is 0. The predicted octanol–water partition coefficient (Wildman–Crippen LogP) is 4.42. The molecule has 0 amide bonds. The van der Waals surface area contributed by atoms with Crippen molar-refractivity contribution in [3.8, 4) is 0 Å². The molecule has 0 aromatic heterocycles. The zero-order chi connectivity index (χ0) is 14.8. The Morgan fingerprint density at radius 2 is 2.25 bits per heavy atom. The Hall–Kier alpha value is -0.740. The van der Waals surface area contributed by atoms with E-state index in [4.69, 9.17) is 18.0 Å². The van der Waals surface area contributed by atoms with Gasteiger partial charge < -0.3 is 11.1 Å². The van der Waals surface area contributed by atoms with Crippen molar-refractivity contribution in [2.75, 3.05) is 11.1 Å². The molecule has 1 unspecified atom stereocenters. The van der Waals surface area contributed by atoms with E-state index in [1.54, 1.807) is 11.8 Å². The first-order valence-electron chi connectivity index (χ1n) is 7.25. The van der Waals surface area contributed by atoms with Crippen LogP contribution in [0.5, 0.6) is 0 Å². The highest BCUT2D eigenvalue weighted by atomic mass is 32.2. The highest BCUT2D eigenvalue weighted by Crippen LogP contribution is 2.39. The third kappa shape index (κ3) is 3.67. The minimum atomic E-state index is 0.441. The smallest absolute Gasteiger partial charge is 0.107 e. The zero-order valence-corrected chi connectivity index (χ0v) is 14.2. The SMILES string of the molecule is CCSc1cccc(NC2CCC(C)(C)C2)c1C(N)=S. The summed E-state index contributed by atoms with van der Waals surface area (Å²) in [6.07, 6.45) is 3.69. The number of rotatable bonds is 5. The summed E-state index contributed by atoms with van der Waals surface area (Å²) in [5, 5.41) is 3.66. The van der Waals surface area contributed by atoms with Crippen LogP contribution in [0.3, 0.4) is 0 Å². The van der Waals surface area contributed by atoms with Crippen LogP contribution in [0.4, 0.5) is 5.69 Å². The van der Waals surface area contributed by atoms with Crippen molar-refractivity contribution >= 4 is 34.7 Å². The van der Waals surface area contributed by atoms with Gasteiger partial charge in [0.2, 0.25) is 0 Å². The number of nitrogens with two attached hydrogens (primary N) is 1. The monoisotopic (exact) mass is 308 g/mol. The van der Waals surface area contributed by atoms with Crippen LogP contribution < -0.4 is 11.1 Å². The van der Waals surface area contributed by atoms with E-state index in [1.165, 1.54) is 24.2 Å². The third-order valence-corrected chi connectivity index (χ3v) is 5.04. The molecule has 1 aliphatic carbocycles. The normalized spacial score (nSPS) is 20.9. The second kappa shape index (κ2) is 6.35. The second-order valence-corrected chi connectivity index (χ2v) is 7.97. The average molecular weight is 309 g/mol. The summed E-state index contributed by atoms with van der Waals surface area (Å²) in [6.45, 7) is 6.83. The molecule has 1 atom stereocenters. The number of hydrogen-bond acceptors (Lipinski definition) is 3. The fourth-order valence-corrected chi connectivity index (χ4v) is 4.10. The Morgan fingerprint density at radius 1 is 1.50 bits per heavy atom. The largest absolute Gasteiger partial charge is 0.389 e. The number of hydrogen-bond donors (Lipinski definition) is 2. The minimum absolute atomic E-state index is 0.441. The Labute approximate surface area is 131 Å². The van der Waals surface area contributed by atoms with Gasteiger partial charge in [-0.1, -0.05) is 39.1 Å². The maximum Gasteiger partial charge on any atom is 0.107 e. The molecular formula is C16H24N2S2. The highest BCUT2D eigenvalue weighted by Gasteiger charge is 2.31. The van der Waals surface area contributed by atoms with Crippen LogP contribution in [0.2, 0.25) is 0 Å². The van der Waals surface area contributed by atoms with Crippen molar-refractivity contribution < 1.29 is 0 Å². The van der Waals surface area contributed by atoms with E-state index in [-0.39, 0.29) is 0 Å². The van der Waals surface area contributed by atoms with Crippen molar-refractivity contribution in [3.05, 3.63) is 23.8 Å². The van der Waals surface area contributed by atoms with E-state index in [9.17, 15) is 0 Å². The molecule has 2 nitrogen and oxygen atoms in total. The number of thioether (sulfide) groups is 1. The van der Waals surface area contributed by atoms with Gasteiger partial charge in [0.1, 0.15) is 4.99 Å². The lowest BCUT2D eigenvalue weighted by Crippen LogP contribution is -2.21. The van der Waals surface area contributed by atoms with Crippen molar-refractivity contribution in [1.29, 1.82) is 0 Å². The molecule has 3 N–H and O–H groups in total. The first kappa shape index (κ1) is 15.6. The van der Waals surface area contributed by atoms with Crippen LogP contribution in [-0.4, -0.2) is 16.8 Å². The Morgan fingerprint density at radius 3 is 2.80 bits per heavy atom. The molecule has 1 aromatic rings. The van der Waals surface area contributed by atoms with E-state index in [0.29, 0.717) is 16.4 Å². The molecule has 0 saturated heterocycles. The van der Waals surface area contributed by atoms with Gasteiger partial charge in [-0.2, -0.15) is 0 Å². The van der Waals surface area contributed by atoms with Crippen LogP contribution >= 0.6 is 24.0 Å². The van der Waals surface area contributed by atoms with Gasteiger partial charge in [0.15, 0.2) is 0 Å². The molecule has 20 heavy (non-hydrogen) atoms. The van der Waals surface area contributed by atoms with Crippen molar-refractivity contribution in [2.24, 2.45) is 11.1 Å². The van der Waals surface area contributed by atoms with Crippen LogP contribution in [-0.2, 0) is 0 Å². The van der Waals surface area contributed by atoms with E-state index >= 15 is 0 Å². The summed E-state index contributed by atoms with van der Waals surface area (Å²) in [5.74, 6) is 1.02. The number of thiocarbonyl (C=S) groups is 1. The van der Waals surface area contributed by atoms with Crippen molar-refractivity contribution in [3.63, 3.8) is 0 Å². The summed E-state index contributed by atoms with van der Waals surface area (Å²) in [6, 6.07) is 6.81. The molecule has 4 heteroatoms. The zero-order valence-electron chi connectivity index (χ0n) is 12.5. The first-order valence-corrected chi connectivity index (χ1v) is 8.64. The summed E-state index contributed by atoms with van der Waals surface area (Å²) >= 11 is 7.06. The molecule has 2 rings (SSSR count). The Bertz CT molecular complexity index is 497. The van der Waals surface area contributed by atoms with E-state index in [2.05, 4.69) is 44.3 Å². The van der Waals surface area contributed by atoms with Crippen LogP contribution in [0, 0.1) is 5.41 Å². The number of anilines is 1. The van der Waals surface area contributed by atoms with Gasteiger partial charge in [-0.15, -0.1) is 11.8 Å². The minimum Gasteiger partial charge on any atom is -0.389 e. The van der Waals surface area contributed by atoms with E-state index < -0.39 is 0 Å². The van der Waals surface area contributed by atoms with Crippen LogP contribution in [0.1, 0.15) is 45.6 Å². The highest BCUT2D eigenvalue weighted by molar-refractivity contribution is 7.99. The lowest BCUT2D eigenvalue weighted by Gasteiger charge is -2.21. The van der Waals surface area contributed by atoms with Gasteiger partial charge in [-0.3, -0.25) is 0 Å². The molecule has 110 valence electrons. The predicted molar refractivity (Wildman–Crippen MR) is 93.8 cm³/mol. The third-order valence-electron chi connectivity index (χ3n) is 3.90. The summed E-state index contributed by atoms with van der Waals surface area (Å²) in [4.78, 5) is 1.67. The second-order valence-electron chi connectivity index (χ2n) is 6.22. The topological polar surface area (TPSA) is 38.0 Å². The number of benzene rings is 1. The van der Waals surface area contributed by atoms with E-state index in [1.807, 2.05) is 0 Å². The van der Waals surface area contributed by atoms with Gasteiger partial charge in [0, 0.05) is 22.2 Å². The van der Waals surface area contributed by atoms with Gasteiger partial charge in [-0.25, -0.2) is 0 Å². The lowest BCUT2D eigenvalue weighted by atomic mass is 9.92. The summed E-state index contributed by atoms with van der Waals surface area (Å²) in [5.41, 5.74) is 8.50. The maximum absolute atomic E-state index is 5.95. The fourth-order valence-electron chi connectivity index (χ4n) is 2.96. The van der Waals surface area contributed by atoms with Gasteiger partial charge in [0.05, 0.1) is 0 Å². The molecule has 1 fully saturated rings. The maximum atomic E-state index is 5.95. The van der Waals surface area contributed by atoms with Gasteiger partial charge in [0.25, 0.3) is 0 Å². The fraction of sp³-hybridized carbons (Fsp3) is 0.562. The summed E-state index contributed by atoms with van der Waals surface area (Å²) < 4.78 is 0. The van der Waals surface area contributed by atoms with Crippen molar-refractivity contribution in [2.45, 2.75) is 51.0 Å². The molecule has 0 radical (unpaired) electrons. The lowest BCUT2D eigenvalue weighted by molar-refractivity contribution is 0.378. The van der Waals surface area contributed by atoms with Gasteiger partial charge >= 0.3 is 0 Å². The van der Waals surface area contributed by atoms with Crippen molar-refractivity contribution in [1.82, 2.24) is 0 Å². The van der Waals surface area contributed by atoms with Gasteiger partial charge in [-0.05, 0) is 42.6 Å². The van der Waals surface area contributed by atoms with Crippen LogP contribution in [0.25, 0.3) is 0 Å². The standard InChI is InChI=1S/C16H24N2S2/c1-4-20-13-7-5-6-12(14(13)15(17)19)18-11-8-9-16(2,3)10-11/h5-7,11,18H,4,8-10H2,1-3H3,(H2,17,19). The first-order chi connectivity index (χ1) is 9.43. The molecule has 0 heterocycles.